The molecule has 2 heterocycles. The first-order valence-electron chi connectivity index (χ1n) is 12.0. The third-order valence-electron chi connectivity index (χ3n) is 6.34. The molecule has 7 nitrogen and oxygen atoms in total. The zero-order valence-electron chi connectivity index (χ0n) is 21.2. The van der Waals surface area contributed by atoms with Crippen LogP contribution in [-0.4, -0.2) is 35.3 Å². The summed E-state index contributed by atoms with van der Waals surface area (Å²) in [4.78, 5) is 0.335. The maximum absolute atomic E-state index is 11.9. The summed E-state index contributed by atoms with van der Waals surface area (Å²) in [7, 11) is -3.25. The van der Waals surface area contributed by atoms with Crippen LogP contribution in [0, 0.1) is 18.8 Å². The Labute approximate surface area is 225 Å². The fourth-order valence-corrected chi connectivity index (χ4v) is 6.03. The number of nitrogens with zero attached hydrogens (tertiary/aromatic N) is 3. The summed E-state index contributed by atoms with van der Waals surface area (Å²) in [6, 6.07) is 19.6. The van der Waals surface area contributed by atoms with E-state index in [1.165, 1.54) is 11.0 Å². The van der Waals surface area contributed by atoms with E-state index in [2.05, 4.69) is 56.0 Å². The second-order valence-corrected chi connectivity index (χ2v) is 12.0. The molecule has 1 atom stereocenters. The maximum Gasteiger partial charge on any atom is 0.176 e. The van der Waals surface area contributed by atoms with E-state index < -0.39 is 9.84 Å². The van der Waals surface area contributed by atoms with Crippen molar-refractivity contribution >= 4 is 31.3 Å². The van der Waals surface area contributed by atoms with Gasteiger partial charge in [-0.25, -0.2) is 8.42 Å². The highest BCUT2D eigenvalue weighted by atomic mass is 32.2. The third kappa shape index (κ3) is 5.62. The molecule has 5 aromatic rings. The van der Waals surface area contributed by atoms with Gasteiger partial charge in [0.1, 0.15) is 12.4 Å². The molecule has 38 heavy (non-hydrogen) atoms. The van der Waals surface area contributed by atoms with Gasteiger partial charge in [0.15, 0.2) is 15.7 Å². The van der Waals surface area contributed by atoms with E-state index in [4.69, 9.17) is 4.74 Å². The number of sulfone groups is 1. The first-order valence-corrected chi connectivity index (χ1v) is 14.8. The van der Waals surface area contributed by atoms with E-state index in [0.717, 1.165) is 39.0 Å². The number of hydrogen-bond donors (Lipinski definition) is 1. The number of nitrogens with one attached hydrogen (secondary N) is 1. The summed E-state index contributed by atoms with van der Waals surface area (Å²) in [6.45, 7) is 4.20. The van der Waals surface area contributed by atoms with Gasteiger partial charge in [0.2, 0.25) is 0 Å². The van der Waals surface area contributed by atoms with Crippen LogP contribution in [0.2, 0.25) is 0 Å². The smallest absolute Gasteiger partial charge is 0.176 e. The Kier molecular flexibility index (Phi) is 7.27. The van der Waals surface area contributed by atoms with Crippen molar-refractivity contribution in [2.75, 3.05) is 6.26 Å². The molecule has 0 aliphatic rings. The normalized spacial score (nSPS) is 12.2. The fourth-order valence-electron chi connectivity index (χ4n) is 4.38. The molecule has 3 aromatic carbocycles. The molecule has 0 spiro atoms. The lowest BCUT2D eigenvalue weighted by Crippen LogP contribution is -2.03. The monoisotopic (exact) mass is 542 g/mol. The first-order chi connectivity index (χ1) is 18.3. The molecule has 0 aliphatic carbocycles. The van der Waals surface area contributed by atoms with Crippen molar-refractivity contribution in [3.05, 3.63) is 88.6 Å². The maximum atomic E-state index is 11.9. The molecule has 0 radical (unpaired) electrons. The standard InChI is InChI=1S/C29H26N4O3S2/c1-4-5-22(16-29-30-32-33-31-29)21-7-9-23(10-8-21)36-17-20-6-13-28-26(15-20)27(18-37-28)25-12-11-24(14-19(25)2)38(3,34)35/h6-15,18,22H,16-17H2,1-3H3,(H,30,31,32,33). The number of H-pyrrole nitrogens is 1. The van der Waals surface area contributed by atoms with Crippen LogP contribution >= 0.6 is 11.3 Å². The Balaban J connectivity index is 1.32. The van der Waals surface area contributed by atoms with Gasteiger partial charge in [-0.1, -0.05) is 35.4 Å². The minimum Gasteiger partial charge on any atom is -0.489 e. The number of tetrazole rings is 1. The van der Waals surface area contributed by atoms with E-state index >= 15 is 0 Å². The number of ether oxygens (including phenoxy) is 1. The van der Waals surface area contributed by atoms with Gasteiger partial charge in [-0.2, -0.15) is 5.21 Å². The Morgan fingerprint density at radius 1 is 1.05 bits per heavy atom. The quantitative estimate of drug-likeness (QED) is 0.252. The van der Waals surface area contributed by atoms with Crippen molar-refractivity contribution in [3.63, 3.8) is 0 Å². The van der Waals surface area contributed by atoms with Crippen LogP contribution in [0.15, 0.2) is 70.9 Å². The van der Waals surface area contributed by atoms with Crippen molar-refractivity contribution in [2.45, 2.75) is 37.7 Å². The van der Waals surface area contributed by atoms with E-state index in [0.29, 0.717) is 23.7 Å². The zero-order chi connectivity index (χ0) is 26.7. The average Bonchev–Trinajstić information content (AvgIpc) is 3.57. The highest BCUT2D eigenvalue weighted by Gasteiger charge is 2.15. The third-order valence-corrected chi connectivity index (χ3v) is 8.41. The SMILES string of the molecule is CC#CC(Cc1nn[nH]n1)c1ccc(OCc2ccc3scc(-c4ccc(S(C)(=O)=O)cc4C)c3c2)cc1. The summed E-state index contributed by atoms with van der Waals surface area (Å²) in [6.07, 6.45) is 1.81. The van der Waals surface area contributed by atoms with Crippen LogP contribution < -0.4 is 4.74 Å². The predicted molar refractivity (Wildman–Crippen MR) is 150 cm³/mol. The van der Waals surface area contributed by atoms with Gasteiger partial charge in [0.05, 0.1) is 10.8 Å². The van der Waals surface area contributed by atoms with Crippen molar-refractivity contribution in [2.24, 2.45) is 0 Å². The van der Waals surface area contributed by atoms with E-state index in [-0.39, 0.29) is 5.92 Å². The van der Waals surface area contributed by atoms with Crippen LogP contribution in [-0.2, 0) is 22.9 Å². The van der Waals surface area contributed by atoms with Gasteiger partial charge in [-0.3, -0.25) is 0 Å². The Morgan fingerprint density at radius 3 is 2.55 bits per heavy atom. The average molecular weight is 543 g/mol. The number of aryl methyl sites for hydroxylation is 1. The van der Waals surface area contributed by atoms with Gasteiger partial charge in [-0.05, 0) is 77.9 Å². The molecular weight excluding hydrogens is 516 g/mol. The van der Waals surface area contributed by atoms with E-state index in [9.17, 15) is 8.42 Å². The predicted octanol–water partition coefficient (Wildman–Crippen LogP) is 5.72. The highest BCUT2D eigenvalue weighted by Crippen LogP contribution is 2.37. The number of hydrogen-bond acceptors (Lipinski definition) is 7. The minimum atomic E-state index is -3.25. The lowest BCUT2D eigenvalue weighted by atomic mass is 9.96. The van der Waals surface area contributed by atoms with Crippen LogP contribution in [0.25, 0.3) is 21.2 Å². The molecule has 9 heteroatoms. The highest BCUT2D eigenvalue weighted by molar-refractivity contribution is 7.90. The lowest BCUT2D eigenvalue weighted by Gasteiger charge is -2.11. The van der Waals surface area contributed by atoms with Crippen LogP contribution in [0.3, 0.4) is 0 Å². The second-order valence-electron chi connectivity index (χ2n) is 9.07. The van der Waals surface area contributed by atoms with Crippen LogP contribution in [0.1, 0.15) is 35.4 Å². The Morgan fingerprint density at radius 2 is 1.87 bits per heavy atom. The van der Waals surface area contributed by atoms with Crippen LogP contribution in [0.4, 0.5) is 0 Å². The minimum absolute atomic E-state index is 0.0268. The molecule has 0 bridgehead atoms. The molecule has 2 aromatic heterocycles. The molecule has 1 unspecified atom stereocenters. The molecule has 1 N–H and O–H groups in total. The summed E-state index contributed by atoms with van der Waals surface area (Å²) < 4.78 is 31.2. The topological polar surface area (TPSA) is 97.8 Å². The van der Waals surface area contributed by atoms with Crippen molar-refractivity contribution in [1.82, 2.24) is 20.6 Å². The van der Waals surface area contributed by atoms with Gasteiger partial charge < -0.3 is 4.74 Å². The second kappa shape index (κ2) is 10.8. The fraction of sp³-hybridized carbons (Fsp3) is 0.207. The molecule has 0 fully saturated rings. The van der Waals surface area contributed by atoms with Gasteiger partial charge in [0, 0.05) is 28.3 Å². The largest absolute Gasteiger partial charge is 0.489 e. The Bertz CT molecular complexity index is 1750. The molecule has 0 saturated carbocycles. The number of thiophene rings is 1. The number of benzene rings is 3. The lowest BCUT2D eigenvalue weighted by molar-refractivity contribution is 0.306. The molecule has 0 amide bonds. The van der Waals surface area contributed by atoms with Crippen molar-refractivity contribution < 1.29 is 13.2 Å². The summed E-state index contributed by atoms with van der Waals surface area (Å²) >= 11 is 1.67. The van der Waals surface area contributed by atoms with Crippen molar-refractivity contribution in [3.8, 4) is 28.7 Å². The Hall–Kier alpha value is -4.00. The summed E-state index contributed by atoms with van der Waals surface area (Å²) in [5.41, 5.74) is 5.18. The van der Waals surface area contributed by atoms with Gasteiger partial charge in [0.25, 0.3) is 0 Å². The summed E-state index contributed by atoms with van der Waals surface area (Å²) in [5, 5.41) is 17.4. The summed E-state index contributed by atoms with van der Waals surface area (Å²) in [5.74, 6) is 7.58. The molecule has 0 aliphatic heterocycles. The molecular formula is C29H26N4O3S2. The van der Waals surface area contributed by atoms with Gasteiger partial charge >= 0.3 is 0 Å². The molecule has 5 rings (SSSR count). The number of fused-ring (bicyclic) bond motifs is 1. The van der Waals surface area contributed by atoms with E-state index in [1.807, 2.05) is 44.2 Å². The van der Waals surface area contributed by atoms with Gasteiger partial charge in [-0.15, -0.1) is 27.5 Å². The zero-order valence-corrected chi connectivity index (χ0v) is 22.9. The first kappa shape index (κ1) is 25.6. The molecule has 0 saturated heterocycles. The van der Waals surface area contributed by atoms with Crippen LogP contribution in [0.5, 0.6) is 5.75 Å². The number of aromatic nitrogens is 4. The molecule has 192 valence electrons. The van der Waals surface area contributed by atoms with E-state index in [1.54, 1.807) is 23.5 Å². The van der Waals surface area contributed by atoms with Crippen molar-refractivity contribution in [1.29, 1.82) is 0 Å². The number of rotatable bonds is 8. The number of aromatic amines is 1.